The fourth-order valence-corrected chi connectivity index (χ4v) is 3.15. The zero-order valence-electron chi connectivity index (χ0n) is 16.5. The second-order valence-electron chi connectivity index (χ2n) is 6.87. The highest BCUT2D eigenvalue weighted by atomic mass is 19.1. The summed E-state index contributed by atoms with van der Waals surface area (Å²) >= 11 is 0. The van der Waals surface area contributed by atoms with Gasteiger partial charge < -0.3 is 4.74 Å². The molecule has 1 fully saturated rings. The lowest BCUT2D eigenvalue weighted by Crippen LogP contribution is -2.35. The van der Waals surface area contributed by atoms with Gasteiger partial charge in [-0.15, -0.1) is 0 Å². The van der Waals surface area contributed by atoms with Crippen LogP contribution >= 0.6 is 0 Å². The number of nitrogens with one attached hydrogen (secondary N) is 1. The highest BCUT2D eigenvalue weighted by molar-refractivity contribution is 6.31. The third-order valence-corrected chi connectivity index (χ3v) is 4.69. The standard InChI is InChI=1S/C23H16FN3O5/c24-17-6-4-5-15(11-17)14-32-21-10-9-19(27(30)31)12-16(21)13-20-22(28)25-26(23(20)29)18-7-2-1-3-8-18/h1-13H,14H2,(H,25,28). The van der Waals surface area contributed by atoms with E-state index < -0.39 is 22.6 Å². The SMILES string of the molecule is O=C1NN(c2ccccc2)C(=O)C1=Cc1cc([N+](=O)[O-])ccc1OCc1cccc(F)c1. The van der Waals surface area contributed by atoms with E-state index in [1.807, 2.05) is 0 Å². The summed E-state index contributed by atoms with van der Waals surface area (Å²) in [6.45, 7) is -0.0119. The first-order valence-corrected chi connectivity index (χ1v) is 9.50. The lowest BCUT2D eigenvalue weighted by Gasteiger charge is -2.14. The first-order valence-electron chi connectivity index (χ1n) is 9.50. The number of hydrogen-bond acceptors (Lipinski definition) is 5. The van der Waals surface area contributed by atoms with Crippen molar-refractivity contribution in [2.75, 3.05) is 5.01 Å². The second kappa shape index (κ2) is 8.68. The highest BCUT2D eigenvalue weighted by Gasteiger charge is 2.34. The number of nitrogens with zero attached hydrogens (tertiary/aromatic N) is 2. The molecule has 3 aromatic rings. The van der Waals surface area contributed by atoms with Crippen LogP contribution in [0.25, 0.3) is 6.08 Å². The van der Waals surface area contributed by atoms with E-state index in [1.165, 1.54) is 42.5 Å². The van der Waals surface area contributed by atoms with Crippen LogP contribution < -0.4 is 15.2 Å². The summed E-state index contributed by atoms with van der Waals surface area (Å²) < 4.78 is 19.1. The molecular weight excluding hydrogens is 417 g/mol. The van der Waals surface area contributed by atoms with Crippen LogP contribution in [0.5, 0.6) is 5.75 Å². The Bertz CT molecular complexity index is 1240. The summed E-state index contributed by atoms with van der Waals surface area (Å²) in [4.78, 5) is 35.9. The number of ether oxygens (including phenoxy) is 1. The first kappa shape index (κ1) is 20.7. The van der Waals surface area contributed by atoms with Gasteiger partial charge in [-0.3, -0.25) is 25.1 Å². The lowest BCUT2D eigenvalue weighted by atomic mass is 10.1. The largest absolute Gasteiger partial charge is 0.488 e. The summed E-state index contributed by atoms with van der Waals surface area (Å²) in [5.74, 6) is -1.48. The van der Waals surface area contributed by atoms with Crippen LogP contribution in [0.4, 0.5) is 15.8 Å². The molecule has 8 nitrogen and oxygen atoms in total. The van der Waals surface area contributed by atoms with Crippen molar-refractivity contribution >= 4 is 29.3 Å². The van der Waals surface area contributed by atoms with E-state index in [0.717, 1.165) is 5.01 Å². The van der Waals surface area contributed by atoms with E-state index >= 15 is 0 Å². The Balaban J connectivity index is 1.67. The Morgan fingerprint density at radius 2 is 1.81 bits per heavy atom. The molecule has 1 heterocycles. The number of non-ortho nitro benzene ring substituents is 1. The normalized spacial score (nSPS) is 14.5. The van der Waals surface area contributed by atoms with Gasteiger partial charge in [-0.05, 0) is 42.0 Å². The van der Waals surface area contributed by atoms with Gasteiger partial charge in [0.15, 0.2) is 0 Å². The van der Waals surface area contributed by atoms with E-state index in [9.17, 15) is 24.1 Å². The number of nitro groups is 1. The van der Waals surface area contributed by atoms with Crippen LogP contribution in [0, 0.1) is 15.9 Å². The molecule has 1 aliphatic rings. The van der Waals surface area contributed by atoms with Crippen molar-refractivity contribution in [3.8, 4) is 5.75 Å². The lowest BCUT2D eigenvalue weighted by molar-refractivity contribution is -0.384. The maximum Gasteiger partial charge on any atom is 0.282 e. The zero-order valence-corrected chi connectivity index (χ0v) is 16.5. The molecule has 0 radical (unpaired) electrons. The molecule has 3 aromatic carbocycles. The molecule has 0 aliphatic carbocycles. The van der Waals surface area contributed by atoms with Crippen LogP contribution in [-0.2, 0) is 16.2 Å². The minimum Gasteiger partial charge on any atom is -0.488 e. The van der Waals surface area contributed by atoms with Gasteiger partial charge in [-0.1, -0.05) is 30.3 Å². The number of carbonyl (C=O) groups is 2. The van der Waals surface area contributed by atoms with Crippen LogP contribution in [0.1, 0.15) is 11.1 Å². The predicted molar refractivity (Wildman–Crippen MR) is 114 cm³/mol. The molecule has 0 atom stereocenters. The Kier molecular flexibility index (Phi) is 5.63. The average molecular weight is 433 g/mol. The summed E-state index contributed by atoms with van der Waals surface area (Å²) in [7, 11) is 0. The number of para-hydroxylation sites is 1. The summed E-state index contributed by atoms with van der Waals surface area (Å²) in [5, 5.41) is 12.3. The Hall–Kier alpha value is -4.53. The topological polar surface area (TPSA) is 102 Å². The number of halogens is 1. The maximum atomic E-state index is 13.4. The zero-order chi connectivity index (χ0) is 22.7. The molecule has 0 saturated carbocycles. The number of carbonyl (C=O) groups excluding carboxylic acids is 2. The third-order valence-electron chi connectivity index (χ3n) is 4.69. The highest BCUT2D eigenvalue weighted by Crippen LogP contribution is 2.29. The molecular formula is C23H16FN3O5. The van der Waals surface area contributed by atoms with Gasteiger partial charge in [0, 0.05) is 17.7 Å². The van der Waals surface area contributed by atoms with E-state index in [1.54, 1.807) is 36.4 Å². The quantitative estimate of drug-likeness (QED) is 0.276. The molecule has 0 spiro atoms. The van der Waals surface area contributed by atoms with Crippen molar-refractivity contribution < 1.29 is 23.6 Å². The number of nitro benzene ring substituents is 1. The molecule has 9 heteroatoms. The number of hydrazine groups is 1. The first-order chi connectivity index (χ1) is 15.4. The minimum atomic E-state index is -0.651. The number of amides is 2. The van der Waals surface area contributed by atoms with E-state index in [0.29, 0.717) is 11.3 Å². The van der Waals surface area contributed by atoms with Crippen molar-refractivity contribution in [3.05, 3.63) is 105 Å². The van der Waals surface area contributed by atoms with Gasteiger partial charge in [-0.25, -0.2) is 9.40 Å². The monoisotopic (exact) mass is 433 g/mol. The molecule has 2 amide bonds. The molecule has 0 bridgehead atoms. The van der Waals surface area contributed by atoms with E-state index in [2.05, 4.69) is 5.43 Å². The number of hydrogen-bond donors (Lipinski definition) is 1. The van der Waals surface area contributed by atoms with Gasteiger partial charge in [-0.2, -0.15) is 0 Å². The van der Waals surface area contributed by atoms with Gasteiger partial charge in [0.2, 0.25) is 0 Å². The van der Waals surface area contributed by atoms with Crippen LogP contribution in [-0.4, -0.2) is 16.7 Å². The van der Waals surface area contributed by atoms with Gasteiger partial charge >= 0.3 is 0 Å². The Morgan fingerprint density at radius 3 is 2.53 bits per heavy atom. The number of anilines is 1. The van der Waals surface area contributed by atoms with Crippen LogP contribution in [0.3, 0.4) is 0 Å². The summed E-state index contributed by atoms with van der Waals surface area (Å²) in [6, 6.07) is 18.1. The molecule has 0 aromatic heterocycles. The van der Waals surface area contributed by atoms with Crippen molar-refractivity contribution in [2.24, 2.45) is 0 Å². The van der Waals surface area contributed by atoms with Crippen molar-refractivity contribution in [1.29, 1.82) is 0 Å². The van der Waals surface area contributed by atoms with Gasteiger partial charge in [0.25, 0.3) is 17.5 Å². The van der Waals surface area contributed by atoms with E-state index in [-0.39, 0.29) is 29.2 Å². The fourth-order valence-electron chi connectivity index (χ4n) is 3.15. The molecule has 0 unspecified atom stereocenters. The van der Waals surface area contributed by atoms with Crippen molar-refractivity contribution in [3.63, 3.8) is 0 Å². The smallest absolute Gasteiger partial charge is 0.282 e. The number of benzene rings is 3. The minimum absolute atomic E-state index is 0.0119. The molecule has 1 saturated heterocycles. The molecule has 160 valence electrons. The Labute approximate surface area is 181 Å². The molecule has 4 rings (SSSR count). The van der Waals surface area contributed by atoms with Gasteiger partial charge in [0.05, 0.1) is 10.6 Å². The van der Waals surface area contributed by atoms with E-state index in [4.69, 9.17) is 4.74 Å². The molecule has 1 N–H and O–H groups in total. The van der Waals surface area contributed by atoms with Crippen molar-refractivity contribution in [1.82, 2.24) is 5.43 Å². The molecule has 32 heavy (non-hydrogen) atoms. The van der Waals surface area contributed by atoms with Crippen molar-refractivity contribution in [2.45, 2.75) is 6.61 Å². The van der Waals surface area contributed by atoms with Crippen LogP contribution in [0.15, 0.2) is 78.4 Å². The summed E-state index contributed by atoms with van der Waals surface area (Å²) in [5.41, 5.74) is 3.22. The Morgan fingerprint density at radius 1 is 1.03 bits per heavy atom. The predicted octanol–water partition coefficient (Wildman–Crippen LogP) is 3.77. The second-order valence-corrected chi connectivity index (χ2v) is 6.87. The molecule has 1 aliphatic heterocycles. The fraction of sp³-hybridized carbons (Fsp3) is 0.0435. The van der Waals surface area contributed by atoms with Gasteiger partial charge in [0.1, 0.15) is 23.7 Å². The third kappa shape index (κ3) is 4.31. The summed E-state index contributed by atoms with van der Waals surface area (Å²) in [6.07, 6.45) is 1.24. The average Bonchev–Trinajstić information content (AvgIpc) is 3.07. The maximum absolute atomic E-state index is 13.4. The number of rotatable bonds is 6. The van der Waals surface area contributed by atoms with Crippen LogP contribution in [0.2, 0.25) is 0 Å².